The molecule has 354 valence electrons. The first-order valence-electron chi connectivity index (χ1n) is 23.4. The summed E-state index contributed by atoms with van der Waals surface area (Å²) in [6.07, 6.45) is 30.2. The number of hydrogen-bond acceptors (Lipinski definition) is 12. The van der Waals surface area contributed by atoms with Gasteiger partial charge < -0.3 is 39.9 Å². The van der Waals surface area contributed by atoms with Crippen LogP contribution in [-0.2, 0) is 32.7 Å². The van der Waals surface area contributed by atoms with Gasteiger partial charge in [0.15, 0.2) is 6.10 Å². The molecule has 8 atom stereocenters. The molecule has 1 aliphatic rings. The van der Waals surface area contributed by atoms with E-state index in [2.05, 4.69) is 62.5 Å². The molecule has 0 saturated heterocycles. The first-order valence-corrected chi connectivity index (χ1v) is 24.9. The Morgan fingerprint density at radius 3 is 1.43 bits per heavy atom. The Labute approximate surface area is 367 Å². The third-order valence-electron chi connectivity index (χ3n) is 10.7. The van der Waals surface area contributed by atoms with Gasteiger partial charge in [0.05, 0.1) is 6.61 Å². The fourth-order valence-electron chi connectivity index (χ4n) is 6.93. The van der Waals surface area contributed by atoms with Crippen LogP contribution in [0.5, 0.6) is 0 Å². The number of phosphoric ester groups is 1. The molecule has 0 bridgehead atoms. The number of aliphatic hydroxyl groups is 5. The van der Waals surface area contributed by atoms with E-state index in [1.807, 2.05) is 0 Å². The number of esters is 2. The van der Waals surface area contributed by atoms with Crippen LogP contribution in [0.15, 0.2) is 48.6 Å². The SMILES string of the molecule is CCC=CCC=CCC=CCC=CCCCCCCC(=O)O[C@H](COC(=O)CCCCCCCCCCCCCCCCC)COP(=O)(O)OC1C(O)C(O)C(O)[C@@H](O)C1O. The molecule has 0 radical (unpaired) electrons. The van der Waals surface area contributed by atoms with Gasteiger partial charge in [-0.1, -0.05) is 165 Å². The Morgan fingerprint density at radius 1 is 0.525 bits per heavy atom. The van der Waals surface area contributed by atoms with E-state index in [0.29, 0.717) is 12.8 Å². The largest absolute Gasteiger partial charge is 0.472 e. The van der Waals surface area contributed by atoms with E-state index in [1.54, 1.807) is 0 Å². The Balaban J connectivity index is 2.47. The number of phosphoric acid groups is 1. The molecule has 1 fully saturated rings. The van der Waals surface area contributed by atoms with Crippen LogP contribution in [-0.4, -0.2) is 98.3 Å². The van der Waals surface area contributed by atoms with Crippen molar-refractivity contribution in [3.63, 3.8) is 0 Å². The molecule has 6 unspecified atom stereocenters. The van der Waals surface area contributed by atoms with Crippen molar-refractivity contribution in [2.75, 3.05) is 13.2 Å². The number of ether oxygens (including phenoxy) is 2. The van der Waals surface area contributed by atoms with E-state index in [1.165, 1.54) is 70.6 Å². The van der Waals surface area contributed by atoms with Gasteiger partial charge in [-0.15, -0.1) is 0 Å². The van der Waals surface area contributed by atoms with Gasteiger partial charge in [0.25, 0.3) is 0 Å². The summed E-state index contributed by atoms with van der Waals surface area (Å²) in [4.78, 5) is 35.7. The number of unbranched alkanes of at least 4 members (excludes halogenated alkanes) is 18. The first-order chi connectivity index (χ1) is 29.4. The number of carbonyl (C=O) groups is 2. The van der Waals surface area contributed by atoms with E-state index in [9.17, 15) is 44.6 Å². The topological polar surface area (TPSA) is 210 Å². The summed E-state index contributed by atoms with van der Waals surface area (Å²) in [5.74, 6) is -1.12. The minimum absolute atomic E-state index is 0.0688. The van der Waals surface area contributed by atoms with E-state index in [-0.39, 0.29) is 12.8 Å². The lowest BCUT2D eigenvalue weighted by atomic mass is 9.85. The molecular weight excluding hydrogens is 803 g/mol. The van der Waals surface area contributed by atoms with Crippen LogP contribution in [0.2, 0.25) is 0 Å². The van der Waals surface area contributed by atoms with Crippen LogP contribution in [0.25, 0.3) is 0 Å². The highest BCUT2D eigenvalue weighted by molar-refractivity contribution is 7.47. The molecule has 1 aliphatic carbocycles. The van der Waals surface area contributed by atoms with E-state index < -0.39 is 75.7 Å². The molecule has 0 aliphatic heterocycles. The van der Waals surface area contributed by atoms with Crippen LogP contribution in [0, 0.1) is 0 Å². The maximum atomic E-state index is 12.8. The van der Waals surface area contributed by atoms with Gasteiger partial charge in [-0.25, -0.2) is 4.57 Å². The second-order valence-electron chi connectivity index (χ2n) is 16.2. The predicted molar refractivity (Wildman–Crippen MR) is 239 cm³/mol. The van der Waals surface area contributed by atoms with Crippen molar-refractivity contribution in [1.82, 2.24) is 0 Å². The van der Waals surface area contributed by atoms with Gasteiger partial charge >= 0.3 is 19.8 Å². The summed E-state index contributed by atoms with van der Waals surface area (Å²) in [5, 5.41) is 50.1. The maximum Gasteiger partial charge on any atom is 0.472 e. The van der Waals surface area contributed by atoms with Crippen LogP contribution in [0.3, 0.4) is 0 Å². The lowest BCUT2D eigenvalue weighted by molar-refractivity contribution is -0.220. The quantitative estimate of drug-likeness (QED) is 0.0148. The third-order valence-corrected chi connectivity index (χ3v) is 11.7. The molecule has 0 amide bonds. The Kier molecular flexibility index (Phi) is 34.7. The van der Waals surface area contributed by atoms with Gasteiger partial charge in [-0.2, -0.15) is 0 Å². The van der Waals surface area contributed by atoms with Gasteiger partial charge in [0.1, 0.15) is 43.2 Å². The molecule has 14 heteroatoms. The smallest absolute Gasteiger partial charge is 0.462 e. The summed E-state index contributed by atoms with van der Waals surface area (Å²) in [7, 11) is -5.12. The highest BCUT2D eigenvalue weighted by Gasteiger charge is 2.51. The van der Waals surface area contributed by atoms with E-state index in [0.717, 1.165) is 70.6 Å². The van der Waals surface area contributed by atoms with Gasteiger partial charge in [0.2, 0.25) is 0 Å². The molecule has 1 saturated carbocycles. The standard InChI is InChI=1S/C47H83O13P/c1-3-5-7-9-11-13-15-17-19-20-22-24-26-28-30-32-34-36-41(49)59-39(38-58-61(55,56)60-47-45(53)43(51)42(50)44(52)46(47)54)37-57-40(48)35-33-31-29-27-25-23-21-18-16-14-12-10-8-6-4-2/h5,7,11,13,17,19,22,24,39,42-47,50-54H,3-4,6,8-10,12,14-16,18,20-21,23,25-38H2,1-2H3,(H,55,56)/t39-,42?,43-,44?,45?,46?,47?/m1/s1. The Morgan fingerprint density at radius 2 is 0.934 bits per heavy atom. The molecule has 6 N–H and O–H groups in total. The molecule has 13 nitrogen and oxygen atoms in total. The highest BCUT2D eigenvalue weighted by atomic mass is 31.2. The molecule has 0 aromatic carbocycles. The zero-order valence-electron chi connectivity index (χ0n) is 37.4. The second kappa shape index (κ2) is 37.2. The van der Waals surface area contributed by atoms with Crippen LogP contribution < -0.4 is 0 Å². The first kappa shape index (κ1) is 56.8. The number of rotatable bonds is 38. The maximum absolute atomic E-state index is 12.8. The highest BCUT2D eigenvalue weighted by Crippen LogP contribution is 2.47. The second-order valence-corrected chi connectivity index (χ2v) is 17.6. The molecule has 1 rings (SSSR count). The number of aliphatic hydroxyl groups excluding tert-OH is 5. The van der Waals surface area contributed by atoms with E-state index >= 15 is 0 Å². The zero-order chi connectivity index (χ0) is 45.0. The minimum Gasteiger partial charge on any atom is -0.462 e. The lowest BCUT2D eigenvalue weighted by Gasteiger charge is -2.41. The van der Waals surface area contributed by atoms with Crippen molar-refractivity contribution in [2.24, 2.45) is 0 Å². The normalized spacial score (nSPS) is 22.4. The van der Waals surface area contributed by atoms with Gasteiger partial charge in [0, 0.05) is 12.8 Å². The fraction of sp³-hybridized carbons (Fsp3) is 0.787. The fourth-order valence-corrected chi connectivity index (χ4v) is 7.90. The van der Waals surface area contributed by atoms with Crippen molar-refractivity contribution < 1.29 is 63.1 Å². The molecular formula is C47H83O13P. The van der Waals surface area contributed by atoms with Crippen molar-refractivity contribution in [1.29, 1.82) is 0 Å². The van der Waals surface area contributed by atoms with Gasteiger partial charge in [-0.3, -0.25) is 18.6 Å². The number of allylic oxidation sites excluding steroid dienone is 8. The van der Waals surface area contributed by atoms with Gasteiger partial charge in [-0.05, 0) is 51.4 Å². The summed E-state index contributed by atoms with van der Waals surface area (Å²) in [5.41, 5.74) is 0. The van der Waals surface area contributed by atoms with Crippen molar-refractivity contribution in [3.05, 3.63) is 48.6 Å². The summed E-state index contributed by atoms with van der Waals surface area (Å²) in [6, 6.07) is 0. The summed E-state index contributed by atoms with van der Waals surface area (Å²) >= 11 is 0. The number of hydrogen-bond donors (Lipinski definition) is 6. The predicted octanol–water partition coefficient (Wildman–Crippen LogP) is 9.17. The molecule has 0 heterocycles. The monoisotopic (exact) mass is 887 g/mol. The Hall–Kier alpha value is -2.19. The van der Waals surface area contributed by atoms with Crippen LogP contribution in [0.4, 0.5) is 0 Å². The van der Waals surface area contributed by atoms with Crippen molar-refractivity contribution in [3.8, 4) is 0 Å². The van der Waals surface area contributed by atoms with Crippen LogP contribution >= 0.6 is 7.82 Å². The molecule has 0 aromatic heterocycles. The average Bonchev–Trinajstić information content (AvgIpc) is 3.24. The molecule has 0 aromatic rings. The Bertz CT molecular complexity index is 1250. The molecule has 61 heavy (non-hydrogen) atoms. The zero-order valence-corrected chi connectivity index (χ0v) is 38.3. The lowest BCUT2D eigenvalue weighted by Crippen LogP contribution is -2.64. The number of carbonyl (C=O) groups excluding carboxylic acids is 2. The van der Waals surface area contributed by atoms with Crippen molar-refractivity contribution >= 4 is 19.8 Å². The van der Waals surface area contributed by atoms with Crippen LogP contribution in [0.1, 0.15) is 181 Å². The van der Waals surface area contributed by atoms with E-state index in [4.69, 9.17) is 18.5 Å². The third kappa shape index (κ3) is 29.7. The molecule has 0 spiro atoms. The summed E-state index contributed by atoms with van der Waals surface area (Å²) < 4.78 is 33.5. The minimum atomic E-state index is -5.12. The van der Waals surface area contributed by atoms with Crippen molar-refractivity contribution in [2.45, 2.75) is 224 Å². The average molecular weight is 887 g/mol. The summed E-state index contributed by atoms with van der Waals surface area (Å²) in [6.45, 7) is 3.17.